The van der Waals surface area contributed by atoms with E-state index in [1.807, 2.05) is 6.20 Å². The van der Waals surface area contributed by atoms with E-state index < -0.39 is 0 Å². The molecule has 0 spiro atoms. The van der Waals surface area contributed by atoms with Crippen LogP contribution in [0.25, 0.3) is 0 Å². The third-order valence-electron chi connectivity index (χ3n) is 3.74. The smallest absolute Gasteiger partial charge is 0.227 e. The van der Waals surface area contributed by atoms with E-state index in [2.05, 4.69) is 10.4 Å². The summed E-state index contributed by atoms with van der Waals surface area (Å²) >= 11 is 5.81. The van der Waals surface area contributed by atoms with Crippen LogP contribution in [0.1, 0.15) is 19.3 Å². The fourth-order valence-corrected chi connectivity index (χ4v) is 2.67. The van der Waals surface area contributed by atoms with Gasteiger partial charge in [0.15, 0.2) is 0 Å². The highest BCUT2D eigenvalue weighted by molar-refractivity contribution is 6.30. The van der Waals surface area contributed by atoms with Crippen LogP contribution in [-0.4, -0.2) is 35.0 Å². The number of hydrogen-bond acceptors (Lipinski definition) is 4. The molecule has 6 nitrogen and oxygen atoms in total. The lowest BCUT2D eigenvalue weighted by Gasteiger charge is -2.08. The fraction of sp³-hybridized carbons (Fsp3) is 0.412. The van der Waals surface area contributed by atoms with Gasteiger partial charge in [-0.1, -0.05) is 11.6 Å². The Labute approximate surface area is 145 Å². The van der Waals surface area contributed by atoms with Crippen LogP contribution >= 0.6 is 11.6 Å². The standard InChI is InChI=1S/C17H20ClN3O3/c18-13-3-5-15(6-4-13)24-9-7-17(22)20-14-10-19-21(11-14)12-16-2-1-8-23-16/h3-6,10-11,16H,1-2,7-9,12H2,(H,20,22). The molecule has 1 aliphatic heterocycles. The van der Waals surface area contributed by atoms with E-state index in [4.69, 9.17) is 21.1 Å². The molecule has 1 N–H and O–H groups in total. The number of carbonyl (C=O) groups is 1. The van der Waals surface area contributed by atoms with E-state index in [1.165, 1.54) is 0 Å². The summed E-state index contributed by atoms with van der Waals surface area (Å²) in [6.07, 6.45) is 6.11. The van der Waals surface area contributed by atoms with Crippen LogP contribution in [0.4, 0.5) is 5.69 Å². The highest BCUT2D eigenvalue weighted by atomic mass is 35.5. The van der Waals surface area contributed by atoms with Crippen molar-refractivity contribution in [1.29, 1.82) is 0 Å². The molecule has 2 aromatic rings. The van der Waals surface area contributed by atoms with Gasteiger partial charge >= 0.3 is 0 Å². The maximum Gasteiger partial charge on any atom is 0.227 e. The van der Waals surface area contributed by atoms with E-state index in [0.717, 1.165) is 26.0 Å². The molecule has 1 aliphatic rings. The Balaban J connectivity index is 1.39. The van der Waals surface area contributed by atoms with E-state index in [-0.39, 0.29) is 18.4 Å². The summed E-state index contributed by atoms with van der Waals surface area (Å²) in [4.78, 5) is 11.9. The Morgan fingerprint density at radius 1 is 1.42 bits per heavy atom. The third-order valence-corrected chi connectivity index (χ3v) is 4.00. The van der Waals surface area contributed by atoms with E-state index >= 15 is 0 Å². The molecule has 128 valence electrons. The van der Waals surface area contributed by atoms with E-state index in [1.54, 1.807) is 35.1 Å². The molecule has 0 saturated carbocycles. The van der Waals surface area contributed by atoms with Gasteiger partial charge in [0.1, 0.15) is 5.75 Å². The molecule has 1 saturated heterocycles. The molecule has 1 fully saturated rings. The molecule has 7 heteroatoms. The van der Waals surface area contributed by atoms with Crippen molar-refractivity contribution in [1.82, 2.24) is 9.78 Å². The Hall–Kier alpha value is -2.05. The molecular weight excluding hydrogens is 330 g/mol. The lowest BCUT2D eigenvalue weighted by molar-refractivity contribution is -0.116. The molecule has 1 amide bonds. The van der Waals surface area contributed by atoms with Crippen molar-refractivity contribution in [3.63, 3.8) is 0 Å². The summed E-state index contributed by atoms with van der Waals surface area (Å²) in [5.41, 5.74) is 0.685. The van der Waals surface area contributed by atoms with Gasteiger partial charge in [0, 0.05) is 17.8 Å². The van der Waals surface area contributed by atoms with Crippen molar-refractivity contribution in [3.8, 4) is 5.75 Å². The maximum absolute atomic E-state index is 11.9. The second kappa shape index (κ2) is 8.17. The highest BCUT2D eigenvalue weighted by Crippen LogP contribution is 2.16. The zero-order chi connectivity index (χ0) is 16.8. The monoisotopic (exact) mass is 349 g/mol. The van der Waals surface area contributed by atoms with Crippen LogP contribution in [0, 0.1) is 0 Å². The van der Waals surface area contributed by atoms with Crippen LogP contribution in [-0.2, 0) is 16.1 Å². The second-order valence-corrected chi connectivity index (χ2v) is 6.12. The zero-order valence-electron chi connectivity index (χ0n) is 13.3. The Morgan fingerprint density at radius 2 is 2.25 bits per heavy atom. The van der Waals surface area contributed by atoms with Crippen LogP contribution in [0.15, 0.2) is 36.7 Å². The molecule has 0 aliphatic carbocycles. The first-order chi connectivity index (χ1) is 11.7. The van der Waals surface area contributed by atoms with Gasteiger partial charge in [-0.15, -0.1) is 0 Å². The molecule has 1 aromatic carbocycles. The average molecular weight is 350 g/mol. The topological polar surface area (TPSA) is 65.4 Å². The van der Waals surface area contributed by atoms with Crippen LogP contribution in [0.3, 0.4) is 0 Å². The van der Waals surface area contributed by atoms with Gasteiger partial charge in [-0.25, -0.2) is 0 Å². The minimum Gasteiger partial charge on any atom is -0.493 e. The number of carbonyl (C=O) groups excluding carboxylic acids is 1. The number of nitrogens with zero attached hydrogens (tertiary/aromatic N) is 2. The first kappa shape index (κ1) is 16.8. The number of amides is 1. The summed E-state index contributed by atoms with van der Waals surface area (Å²) in [7, 11) is 0. The number of ether oxygens (including phenoxy) is 2. The molecule has 1 unspecified atom stereocenters. The molecule has 0 radical (unpaired) electrons. The number of hydrogen-bond donors (Lipinski definition) is 1. The Morgan fingerprint density at radius 3 is 3.00 bits per heavy atom. The van der Waals surface area contributed by atoms with Crippen LogP contribution in [0.5, 0.6) is 5.75 Å². The Kier molecular flexibility index (Phi) is 5.72. The number of rotatable bonds is 7. The lowest BCUT2D eigenvalue weighted by Crippen LogP contribution is -2.16. The molecule has 1 aromatic heterocycles. The van der Waals surface area contributed by atoms with Gasteiger partial charge in [-0.3, -0.25) is 9.48 Å². The van der Waals surface area contributed by atoms with E-state index in [0.29, 0.717) is 23.1 Å². The van der Waals surface area contributed by atoms with Gasteiger partial charge in [-0.2, -0.15) is 5.10 Å². The van der Waals surface area contributed by atoms with Crippen molar-refractivity contribution >= 4 is 23.2 Å². The number of aromatic nitrogens is 2. The second-order valence-electron chi connectivity index (χ2n) is 5.69. The summed E-state index contributed by atoms with van der Waals surface area (Å²) in [5, 5.41) is 7.72. The molecule has 3 rings (SSSR count). The average Bonchev–Trinajstić information content (AvgIpc) is 3.22. The van der Waals surface area contributed by atoms with Crippen molar-refractivity contribution in [2.75, 3.05) is 18.5 Å². The van der Waals surface area contributed by atoms with Gasteiger partial charge in [-0.05, 0) is 37.1 Å². The molecule has 0 bridgehead atoms. The molecular formula is C17H20ClN3O3. The first-order valence-corrected chi connectivity index (χ1v) is 8.39. The number of benzene rings is 1. The van der Waals surface area contributed by atoms with Crippen LogP contribution < -0.4 is 10.1 Å². The van der Waals surface area contributed by atoms with Gasteiger partial charge in [0.2, 0.25) is 5.91 Å². The van der Waals surface area contributed by atoms with Crippen LogP contribution in [0.2, 0.25) is 5.02 Å². The van der Waals surface area contributed by atoms with Crippen molar-refractivity contribution in [3.05, 3.63) is 41.7 Å². The predicted molar refractivity (Wildman–Crippen MR) is 91.4 cm³/mol. The van der Waals surface area contributed by atoms with Crippen molar-refractivity contribution in [2.45, 2.75) is 31.9 Å². The van der Waals surface area contributed by atoms with E-state index in [9.17, 15) is 4.79 Å². The van der Waals surface area contributed by atoms with Crippen molar-refractivity contribution in [2.24, 2.45) is 0 Å². The molecule has 24 heavy (non-hydrogen) atoms. The fourth-order valence-electron chi connectivity index (χ4n) is 2.54. The van der Waals surface area contributed by atoms with Gasteiger partial charge in [0.05, 0.1) is 37.6 Å². The summed E-state index contributed by atoms with van der Waals surface area (Å²) in [6, 6.07) is 7.05. The minimum absolute atomic E-state index is 0.111. The first-order valence-electron chi connectivity index (χ1n) is 8.01. The predicted octanol–water partition coefficient (Wildman–Crippen LogP) is 3.12. The zero-order valence-corrected chi connectivity index (χ0v) is 14.0. The number of halogens is 1. The summed E-state index contributed by atoms with van der Waals surface area (Å²) < 4.78 is 12.9. The summed E-state index contributed by atoms with van der Waals surface area (Å²) in [6.45, 7) is 1.84. The Bertz CT molecular complexity index is 666. The van der Waals surface area contributed by atoms with Gasteiger partial charge in [0.25, 0.3) is 0 Å². The SMILES string of the molecule is O=C(CCOc1ccc(Cl)cc1)Nc1cnn(CC2CCCO2)c1. The normalized spacial score (nSPS) is 17.0. The highest BCUT2D eigenvalue weighted by Gasteiger charge is 2.16. The third kappa shape index (κ3) is 4.97. The number of anilines is 1. The lowest BCUT2D eigenvalue weighted by atomic mass is 10.2. The largest absolute Gasteiger partial charge is 0.493 e. The minimum atomic E-state index is -0.111. The summed E-state index contributed by atoms with van der Waals surface area (Å²) in [5.74, 6) is 0.581. The maximum atomic E-state index is 11.9. The van der Waals surface area contributed by atoms with Crippen molar-refractivity contribution < 1.29 is 14.3 Å². The number of nitrogens with one attached hydrogen (secondary N) is 1. The molecule has 1 atom stereocenters. The quantitative estimate of drug-likeness (QED) is 0.834. The molecule has 2 heterocycles. The van der Waals surface area contributed by atoms with Gasteiger partial charge < -0.3 is 14.8 Å².